The fraction of sp³-hybridized carbons (Fsp3) is 0.600. The van der Waals surface area contributed by atoms with Gasteiger partial charge in [-0.25, -0.2) is 0 Å². The summed E-state index contributed by atoms with van der Waals surface area (Å²) in [4.78, 5) is 2.10. The average molecular weight is 329 g/mol. The second kappa shape index (κ2) is 7.27. The molecule has 0 unspecified atom stereocenters. The lowest BCUT2D eigenvalue weighted by molar-refractivity contribution is 0.216. The van der Waals surface area contributed by atoms with Gasteiger partial charge in [-0.05, 0) is 60.4 Å². The second-order valence-electron chi connectivity index (χ2n) is 5.49. The van der Waals surface area contributed by atoms with Crippen molar-refractivity contribution in [2.45, 2.75) is 39.3 Å². The molecule has 0 bridgehead atoms. The first kappa shape index (κ1) is 16.5. The zero-order chi connectivity index (χ0) is 14.5. The molecule has 0 radical (unpaired) electrons. The van der Waals surface area contributed by atoms with Crippen molar-refractivity contribution in [2.24, 2.45) is 0 Å². The van der Waals surface area contributed by atoms with Crippen molar-refractivity contribution in [3.8, 4) is 0 Å². The summed E-state index contributed by atoms with van der Waals surface area (Å²) in [6.45, 7) is 8.26. The van der Waals surface area contributed by atoms with Gasteiger partial charge in [0.15, 0.2) is 0 Å². The van der Waals surface area contributed by atoms with Crippen molar-refractivity contribution < 1.29 is 5.11 Å². The van der Waals surface area contributed by atoms with Crippen LogP contribution in [-0.2, 0) is 6.54 Å². The lowest BCUT2D eigenvalue weighted by Gasteiger charge is -2.36. The second-order valence-corrected chi connectivity index (χ2v) is 6.35. The van der Waals surface area contributed by atoms with Crippen LogP contribution >= 0.6 is 15.9 Å². The first-order valence-electron chi connectivity index (χ1n) is 6.76. The number of likely N-dealkylation sites (N-methyl/N-ethyl adjacent to an activating group) is 1. The Hall–Kier alpha value is -0.580. The van der Waals surface area contributed by atoms with E-state index in [0.717, 1.165) is 29.7 Å². The Bertz CT molecular complexity index is 407. The van der Waals surface area contributed by atoms with E-state index >= 15 is 0 Å². The van der Waals surface area contributed by atoms with E-state index in [9.17, 15) is 5.11 Å². The number of nitrogens with one attached hydrogen (secondary N) is 1. The summed E-state index contributed by atoms with van der Waals surface area (Å²) < 4.78 is 1.06. The van der Waals surface area contributed by atoms with Crippen LogP contribution in [0.3, 0.4) is 0 Å². The molecule has 2 N–H and O–H groups in total. The van der Waals surface area contributed by atoms with E-state index in [1.807, 2.05) is 20.9 Å². The van der Waals surface area contributed by atoms with Crippen LogP contribution in [0.15, 0.2) is 22.7 Å². The molecule has 0 saturated heterocycles. The van der Waals surface area contributed by atoms with E-state index in [1.165, 1.54) is 5.56 Å². The van der Waals surface area contributed by atoms with Crippen LogP contribution in [0, 0.1) is 0 Å². The quantitative estimate of drug-likeness (QED) is 0.755. The van der Waals surface area contributed by atoms with Gasteiger partial charge in [-0.2, -0.15) is 0 Å². The zero-order valence-electron chi connectivity index (χ0n) is 12.3. The Labute approximate surface area is 125 Å². The van der Waals surface area contributed by atoms with Gasteiger partial charge in [0.1, 0.15) is 0 Å². The molecular formula is C15H25BrN2O. The summed E-state index contributed by atoms with van der Waals surface area (Å²) in [5.74, 6) is 0. The van der Waals surface area contributed by atoms with Gasteiger partial charge in [0, 0.05) is 18.1 Å². The van der Waals surface area contributed by atoms with Crippen LogP contribution < -0.4 is 10.2 Å². The summed E-state index contributed by atoms with van der Waals surface area (Å²) >= 11 is 3.63. The third-order valence-corrected chi connectivity index (χ3v) is 4.06. The van der Waals surface area contributed by atoms with Crippen molar-refractivity contribution in [3.05, 3.63) is 28.2 Å². The maximum absolute atomic E-state index is 9.45. The lowest BCUT2D eigenvalue weighted by atomic mass is 10.0. The van der Waals surface area contributed by atoms with Crippen molar-refractivity contribution in [2.75, 3.05) is 25.1 Å². The van der Waals surface area contributed by atoms with E-state index in [0.29, 0.717) is 0 Å². The molecule has 0 heterocycles. The number of anilines is 1. The topological polar surface area (TPSA) is 35.5 Å². The van der Waals surface area contributed by atoms with E-state index in [2.05, 4.69) is 51.3 Å². The van der Waals surface area contributed by atoms with Crippen LogP contribution in [0.1, 0.15) is 32.8 Å². The maximum Gasteiger partial charge on any atom is 0.0658 e. The van der Waals surface area contributed by atoms with Crippen LogP contribution in [0.25, 0.3) is 0 Å². The first-order chi connectivity index (χ1) is 8.92. The Morgan fingerprint density at radius 1 is 1.37 bits per heavy atom. The summed E-state index contributed by atoms with van der Waals surface area (Å²) in [5.41, 5.74) is 2.09. The predicted octanol–water partition coefficient (Wildman–Crippen LogP) is 3.16. The summed E-state index contributed by atoms with van der Waals surface area (Å²) in [6, 6.07) is 6.37. The maximum atomic E-state index is 9.45. The van der Waals surface area contributed by atoms with Crippen LogP contribution in [0.4, 0.5) is 5.69 Å². The first-order valence-corrected chi connectivity index (χ1v) is 7.55. The monoisotopic (exact) mass is 328 g/mol. The number of aliphatic hydroxyl groups excluding tert-OH is 1. The minimum atomic E-state index is -0.273. The third-order valence-electron chi connectivity index (χ3n) is 3.42. The molecule has 0 aromatic heterocycles. The summed E-state index contributed by atoms with van der Waals surface area (Å²) in [5, 5.41) is 12.8. The third kappa shape index (κ3) is 4.48. The van der Waals surface area contributed by atoms with Gasteiger partial charge in [-0.15, -0.1) is 0 Å². The van der Waals surface area contributed by atoms with Crippen molar-refractivity contribution in [3.63, 3.8) is 0 Å². The molecule has 1 aromatic rings. The van der Waals surface area contributed by atoms with Gasteiger partial charge in [0.2, 0.25) is 0 Å². The average Bonchev–Trinajstić information content (AvgIpc) is 2.38. The highest BCUT2D eigenvalue weighted by Gasteiger charge is 2.24. The molecule has 0 aliphatic rings. The summed E-state index contributed by atoms with van der Waals surface area (Å²) in [7, 11) is 2.01. The number of benzene rings is 1. The molecule has 0 amide bonds. The van der Waals surface area contributed by atoms with Crippen LogP contribution in [-0.4, -0.2) is 30.8 Å². The zero-order valence-corrected chi connectivity index (χ0v) is 13.9. The molecule has 0 aliphatic heterocycles. The standard InChI is InChI=1S/C15H25BrN2O/c1-5-8-17-10-12-6-7-14(13(16)9-12)18(4)15(2,3)11-19/h6-7,9,17,19H,5,8,10-11H2,1-4H3. The number of rotatable bonds is 7. The van der Waals surface area contributed by atoms with Crippen LogP contribution in [0.2, 0.25) is 0 Å². The van der Waals surface area contributed by atoms with E-state index < -0.39 is 0 Å². The Balaban J connectivity index is 2.82. The van der Waals surface area contributed by atoms with Gasteiger partial charge in [0.05, 0.1) is 17.8 Å². The number of hydrogen-bond donors (Lipinski definition) is 2. The molecule has 3 nitrogen and oxygen atoms in total. The molecule has 0 atom stereocenters. The van der Waals surface area contributed by atoms with Crippen molar-refractivity contribution in [1.82, 2.24) is 5.32 Å². The molecule has 108 valence electrons. The lowest BCUT2D eigenvalue weighted by Crippen LogP contribution is -2.44. The fourth-order valence-electron chi connectivity index (χ4n) is 1.77. The molecule has 0 fully saturated rings. The van der Waals surface area contributed by atoms with Gasteiger partial charge in [0.25, 0.3) is 0 Å². The number of halogens is 1. The molecule has 19 heavy (non-hydrogen) atoms. The fourth-order valence-corrected chi connectivity index (χ4v) is 2.47. The molecule has 1 aromatic carbocycles. The molecule has 4 heteroatoms. The smallest absolute Gasteiger partial charge is 0.0658 e. The Kier molecular flexibility index (Phi) is 6.30. The highest BCUT2D eigenvalue weighted by Crippen LogP contribution is 2.30. The minimum absolute atomic E-state index is 0.121. The van der Waals surface area contributed by atoms with Crippen LogP contribution in [0.5, 0.6) is 0 Å². The molecule has 0 saturated carbocycles. The Morgan fingerprint density at radius 2 is 2.05 bits per heavy atom. The van der Waals surface area contributed by atoms with Gasteiger partial charge in [-0.3, -0.25) is 0 Å². The van der Waals surface area contributed by atoms with Gasteiger partial charge < -0.3 is 15.3 Å². The van der Waals surface area contributed by atoms with E-state index in [-0.39, 0.29) is 12.1 Å². The predicted molar refractivity (Wildman–Crippen MR) is 85.7 cm³/mol. The molecular weight excluding hydrogens is 304 g/mol. The molecule has 0 spiro atoms. The normalized spacial score (nSPS) is 11.7. The number of nitrogens with zero attached hydrogens (tertiary/aromatic N) is 1. The van der Waals surface area contributed by atoms with Gasteiger partial charge in [-0.1, -0.05) is 13.0 Å². The highest BCUT2D eigenvalue weighted by atomic mass is 79.9. The largest absolute Gasteiger partial charge is 0.394 e. The van der Waals surface area contributed by atoms with Crippen molar-refractivity contribution in [1.29, 1.82) is 0 Å². The minimum Gasteiger partial charge on any atom is -0.394 e. The van der Waals surface area contributed by atoms with Crippen molar-refractivity contribution >= 4 is 21.6 Å². The van der Waals surface area contributed by atoms with E-state index in [1.54, 1.807) is 0 Å². The highest BCUT2D eigenvalue weighted by molar-refractivity contribution is 9.10. The summed E-state index contributed by atoms with van der Waals surface area (Å²) in [6.07, 6.45) is 1.15. The van der Waals surface area contributed by atoms with Gasteiger partial charge >= 0.3 is 0 Å². The molecule has 0 aliphatic carbocycles. The number of aliphatic hydroxyl groups is 1. The SMILES string of the molecule is CCCNCc1ccc(N(C)C(C)(C)CO)c(Br)c1. The Morgan fingerprint density at radius 3 is 2.58 bits per heavy atom. The molecule has 1 rings (SSSR count). The van der Waals surface area contributed by atoms with E-state index in [4.69, 9.17) is 0 Å². The number of hydrogen-bond acceptors (Lipinski definition) is 3.